The molecule has 0 bridgehead atoms. The van der Waals surface area contributed by atoms with Crippen molar-refractivity contribution in [3.8, 4) is 0 Å². The van der Waals surface area contributed by atoms with Crippen molar-refractivity contribution < 1.29 is 14.4 Å². The number of likely N-dealkylation sites (tertiary alicyclic amines) is 1. The normalized spacial score (nSPS) is 19.7. The lowest BCUT2D eigenvalue weighted by atomic mass is 9.96. The lowest BCUT2D eigenvalue weighted by molar-refractivity contribution is -0.135. The van der Waals surface area contributed by atoms with Crippen molar-refractivity contribution in [1.29, 1.82) is 0 Å². The van der Waals surface area contributed by atoms with E-state index in [9.17, 15) is 14.4 Å². The maximum atomic E-state index is 12.4. The van der Waals surface area contributed by atoms with Gasteiger partial charge in [-0.1, -0.05) is 19.1 Å². The SMILES string of the molecule is CCC(=O)N1CCCC(C(=O)NCc2ccc(C(=O)NC3CC3)cc2)C1. The highest BCUT2D eigenvalue weighted by molar-refractivity contribution is 5.94. The van der Waals surface area contributed by atoms with Crippen LogP contribution < -0.4 is 10.6 Å². The van der Waals surface area contributed by atoms with Crippen LogP contribution in [0.3, 0.4) is 0 Å². The summed E-state index contributed by atoms with van der Waals surface area (Å²) in [7, 11) is 0. The van der Waals surface area contributed by atoms with Crippen LogP contribution in [0.1, 0.15) is 54.9 Å². The molecule has 0 radical (unpaired) electrons. The van der Waals surface area contributed by atoms with Gasteiger partial charge in [0, 0.05) is 37.7 Å². The zero-order valence-electron chi connectivity index (χ0n) is 15.3. The zero-order valence-corrected chi connectivity index (χ0v) is 15.3. The molecular weight excluding hydrogens is 330 g/mol. The Balaban J connectivity index is 1.47. The van der Waals surface area contributed by atoms with Crippen molar-refractivity contribution in [3.63, 3.8) is 0 Å². The van der Waals surface area contributed by atoms with E-state index >= 15 is 0 Å². The molecule has 1 saturated carbocycles. The number of piperidine rings is 1. The fraction of sp³-hybridized carbons (Fsp3) is 0.550. The van der Waals surface area contributed by atoms with Crippen LogP contribution in [-0.4, -0.2) is 41.8 Å². The monoisotopic (exact) mass is 357 g/mol. The minimum absolute atomic E-state index is 0.00541. The standard InChI is InChI=1S/C20H27N3O3/c1-2-18(24)23-11-3-4-16(13-23)19(25)21-12-14-5-7-15(8-6-14)20(26)22-17-9-10-17/h5-8,16-17H,2-4,9-13H2,1H3,(H,21,25)(H,22,26). The van der Waals surface area contributed by atoms with E-state index in [1.807, 2.05) is 19.1 Å². The van der Waals surface area contributed by atoms with Crippen LogP contribution in [0.5, 0.6) is 0 Å². The lowest BCUT2D eigenvalue weighted by Crippen LogP contribution is -2.45. The summed E-state index contributed by atoms with van der Waals surface area (Å²) in [4.78, 5) is 38.0. The molecule has 1 saturated heterocycles. The molecule has 0 aromatic heterocycles. The summed E-state index contributed by atoms with van der Waals surface area (Å²) in [5, 5.41) is 5.92. The van der Waals surface area contributed by atoms with Gasteiger partial charge in [-0.15, -0.1) is 0 Å². The van der Waals surface area contributed by atoms with Gasteiger partial charge in [0.25, 0.3) is 5.91 Å². The molecule has 26 heavy (non-hydrogen) atoms. The van der Waals surface area contributed by atoms with Crippen molar-refractivity contribution in [2.24, 2.45) is 5.92 Å². The number of rotatable bonds is 6. The number of amides is 3. The average Bonchev–Trinajstić information content (AvgIpc) is 3.49. The van der Waals surface area contributed by atoms with Crippen LogP contribution in [0.15, 0.2) is 24.3 Å². The Kier molecular flexibility index (Phi) is 5.91. The predicted octanol–water partition coefficient (Wildman–Crippen LogP) is 1.84. The summed E-state index contributed by atoms with van der Waals surface area (Å²) in [5.41, 5.74) is 1.60. The molecular formula is C20H27N3O3. The third-order valence-electron chi connectivity index (χ3n) is 5.04. The Morgan fingerprint density at radius 3 is 2.50 bits per heavy atom. The van der Waals surface area contributed by atoms with Crippen LogP contribution in [-0.2, 0) is 16.1 Å². The Hall–Kier alpha value is -2.37. The van der Waals surface area contributed by atoms with Gasteiger partial charge in [-0.05, 0) is 43.4 Å². The Bertz CT molecular complexity index is 667. The summed E-state index contributed by atoms with van der Waals surface area (Å²) in [6.07, 6.45) is 4.31. The fourth-order valence-electron chi connectivity index (χ4n) is 3.25. The Morgan fingerprint density at radius 1 is 1.12 bits per heavy atom. The largest absolute Gasteiger partial charge is 0.352 e. The minimum atomic E-state index is -0.136. The minimum Gasteiger partial charge on any atom is -0.352 e. The quantitative estimate of drug-likeness (QED) is 0.815. The fourth-order valence-corrected chi connectivity index (χ4v) is 3.25. The van der Waals surface area contributed by atoms with Gasteiger partial charge in [0.15, 0.2) is 0 Å². The summed E-state index contributed by atoms with van der Waals surface area (Å²) >= 11 is 0. The van der Waals surface area contributed by atoms with E-state index in [0.29, 0.717) is 31.1 Å². The molecule has 1 atom stereocenters. The molecule has 1 aromatic rings. The highest BCUT2D eigenvalue weighted by atomic mass is 16.2. The van der Waals surface area contributed by atoms with Gasteiger partial charge in [-0.2, -0.15) is 0 Å². The Morgan fingerprint density at radius 2 is 1.85 bits per heavy atom. The van der Waals surface area contributed by atoms with Gasteiger partial charge in [0.2, 0.25) is 11.8 Å². The molecule has 1 unspecified atom stereocenters. The molecule has 1 aliphatic carbocycles. The number of benzene rings is 1. The highest BCUT2D eigenvalue weighted by Crippen LogP contribution is 2.20. The molecule has 3 rings (SSSR count). The van der Waals surface area contributed by atoms with Crippen molar-refractivity contribution in [3.05, 3.63) is 35.4 Å². The van der Waals surface area contributed by atoms with E-state index in [1.54, 1.807) is 17.0 Å². The second kappa shape index (κ2) is 8.34. The third-order valence-corrected chi connectivity index (χ3v) is 5.04. The molecule has 6 nitrogen and oxygen atoms in total. The molecule has 6 heteroatoms. The molecule has 0 spiro atoms. The molecule has 2 aliphatic rings. The number of carbonyl (C=O) groups excluding carboxylic acids is 3. The number of nitrogens with one attached hydrogen (secondary N) is 2. The van der Waals surface area contributed by atoms with E-state index in [0.717, 1.165) is 37.8 Å². The van der Waals surface area contributed by atoms with E-state index < -0.39 is 0 Å². The van der Waals surface area contributed by atoms with E-state index in [4.69, 9.17) is 0 Å². The van der Waals surface area contributed by atoms with Crippen molar-refractivity contribution >= 4 is 17.7 Å². The summed E-state index contributed by atoms with van der Waals surface area (Å²) in [6, 6.07) is 7.67. The van der Waals surface area contributed by atoms with Crippen molar-refractivity contribution in [2.75, 3.05) is 13.1 Å². The van der Waals surface area contributed by atoms with Crippen LogP contribution in [0.25, 0.3) is 0 Å². The third kappa shape index (κ3) is 4.84. The molecule has 2 fully saturated rings. The van der Waals surface area contributed by atoms with E-state index in [2.05, 4.69) is 10.6 Å². The predicted molar refractivity (Wildman–Crippen MR) is 98.4 cm³/mol. The first-order valence-corrected chi connectivity index (χ1v) is 9.52. The van der Waals surface area contributed by atoms with Gasteiger partial charge >= 0.3 is 0 Å². The number of carbonyl (C=O) groups is 3. The molecule has 1 aromatic carbocycles. The first-order chi connectivity index (χ1) is 12.6. The van der Waals surface area contributed by atoms with Gasteiger partial charge in [0.1, 0.15) is 0 Å². The second-order valence-electron chi connectivity index (χ2n) is 7.19. The number of nitrogens with zero attached hydrogens (tertiary/aromatic N) is 1. The first-order valence-electron chi connectivity index (χ1n) is 9.52. The maximum Gasteiger partial charge on any atom is 0.251 e. The summed E-state index contributed by atoms with van der Waals surface area (Å²) in [6.45, 7) is 3.54. The topological polar surface area (TPSA) is 78.5 Å². The summed E-state index contributed by atoms with van der Waals surface area (Å²) in [5.74, 6) is -0.0643. The first kappa shape index (κ1) is 18.4. The van der Waals surface area contributed by atoms with Crippen molar-refractivity contribution in [2.45, 2.75) is 51.6 Å². The molecule has 140 valence electrons. The zero-order chi connectivity index (χ0) is 18.5. The molecule has 1 heterocycles. The van der Waals surface area contributed by atoms with Crippen molar-refractivity contribution in [1.82, 2.24) is 15.5 Å². The number of hydrogen-bond donors (Lipinski definition) is 2. The molecule has 3 amide bonds. The smallest absolute Gasteiger partial charge is 0.251 e. The molecule has 1 aliphatic heterocycles. The van der Waals surface area contributed by atoms with Crippen LogP contribution in [0, 0.1) is 5.92 Å². The van der Waals surface area contributed by atoms with Gasteiger partial charge in [0.05, 0.1) is 5.92 Å². The Labute approximate surface area is 154 Å². The van der Waals surface area contributed by atoms with Gasteiger partial charge in [-0.25, -0.2) is 0 Å². The molecule has 2 N–H and O–H groups in total. The van der Waals surface area contributed by atoms with E-state index in [-0.39, 0.29) is 23.6 Å². The average molecular weight is 357 g/mol. The van der Waals surface area contributed by atoms with Crippen LogP contribution in [0.4, 0.5) is 0 Å². The van der Waals surface area contributed by atoms with Crippen LogP contribution in [0.2, 0.25) is 0 Å². The summed E-state index contributed by atoms with van der Waals surface area (Å²) < 4.78 is 0. The second-order valence-corrected chi connectivity index (χ2v) is 7.19. The van der Waals surface area contributed by atoms with Gasteiger partial charge < -0.3 is 15.5 Å². The number of hydrogen-bond acceptors (Lipinski definition) is 3. The maximum absolute atomic E-state index is 12.4. The van der Waals surface area contributed by atoms with E-state index in [1.165, 1.54) is 0 Å². The van der Waals surface area contributed by atoms with Crippen LogP contribution >= 0.6 is 0 Å². The highest BCUT2D eigenvalue weighted by Gasteiger charge is 2.27. The lowest BCUT2D eigenvalue weighted by Gasteiger charge is -2.31. The van der Waals surface area contributed by atoms with Gasteiger partial charge in [-0.3, -0.25) is 14.4 Å².